The lowest BCUT2D eigenvalue weighted by Crippen LogP contribution is -2.04. The monoisotopic (exact) mass is 188 g/mol. The van der Waals surface area contributed by atoms with Gasteiger partial charge in [0.25, 0.3) is 0 Å². The van der Waals surface area contributed by atoms with Crippen molar-refractivity contribution in [2.75, 3.05) is 7.05 Å². The molecule has 0 radical (unpaired) electrons. The molecular formula is C12H16N2. The van der Waals surface area contributed by atoms with E-state index in [9.17, 15) is 0 Å². The molecule has 0 aromatic heterocycles. The molecule has 0 amide bonds. The van der Waals surface area contributed by atoms with Crippen molar-refractivity contribution in [3.05, 3.63) is 53.7 Å². The second-order valence-corrected chi connectivity index (χ2v) is 3.18. The highest BCUT2D eigenvalue weighted by atomic mass is 14.8. The van der Waals surface area contributed by atoms with Gasteiger partial charge in [-0.3, -0.25) is 0 Å². The van der Waals surface area contributed by atoms with E-state index < -0.39 is 0 Å². The van der Waals surface area contributed by atoms with E-state index in [0.717, 1.165) is 12.1 Å². The van der Waals surface area contributed by atoms with E-state index >= 15 is 0 Å². The average Bonchev–Trinajstić information content (AvgIpc) is 2.17. The Morgan fingerprint density at radius 3 is 2.57 bits per heavy atom. The Kier molecular flexibility index (Phi) is 3.95. The lowest BCUT2D eigenvalue weighted by molar-refractivity contribution is 0.818. The molecule has 0 aliphatic rings. The maximum atomic E-state index is 5.43. The lowest BCUT2D eigenvalue weighted by atomic mass is 10.1. The van der Waals surface area contributed by atoms with Gasteiger partial charge in [0, 0.05) is 12.2 Å². The molecule has 0 heterocycles. The molecule has 2 nitrogen and oxygen atoms in total. The summed E-state index contributed by atoms with van der Waals surface area (Å²) in [6.07, 6.45) is 3.75. The van der Waals surface area contributed by atoms with Gasteiger partial charge in [-0.2, -0.15) is 0 Å². The smallest absolute Gasteiger partial charge is 0.0241 e. The van der Waals surface area contributed by atoms with E-state index in [1.807, 2.05) is 13.1 Å². The molecule has 3 N–H and O–H groups in total. The second kappa shape index (κ2) is 5.25. The molecule has 1 aromatic rings. The average molecular weight is 188 g/mol. The maximum absolute atomic E-state index is 5.43. The van der Waals surface area contributed by atoms with Crippen LogP contribution in [0.15, 0.2) is 42.6 Å². The summed E-state index contributed by atoms with van der Waals surface area (Å²) in [5, 5.41) is 3.10. The van der Waals surface area contributed by atoms with Gasteiger partial charge in [0.05, 0.1) is 0 Å². The van der Waals surface area contributed by atoms with Crippen molar-refractivity contribution in [3.63, 3.8) is 0 Å². The highest BCUT2D eigenvalue weighted by Gasteiger charge is 1.90. The first-order valence-electron chi connectivity index (χ1n) is 4.58. The molecule has 1 aromatic carbocycles. The number of allylic oxidation sites excluding steroid dienone is 1. The Labute approximate surface area is 85.1 Å². The Balaban J connectivity index is 2.68. The molecule has 1 rings (SSSR count). The maximum Gasteiger partial charge on any atom is 0.0241 e. The van der Waals surface area contributed by atoms with Crippen molar-refractivity contribution in [3.8, 4) is 0 Å². The largest absolute Gasteiger partial charge is 0.399 e. The van der Waals surface area contributed by atoms with Crippen molar-refractivity contribution >= 4 is 6.08 Å². The SMILES string of the molecule is C=C(N)/C=C/c1ccc(CNC)cc1. The van der Waals surface area contributed by atoms with Crippen LogP contribution in [0.5, 0.6) is 0 Å². The molecule has 0 saturated carbocycles. The standard InChI is InChI=1S/C12H16N2/c1-10(13)3-4-11-5-7-12(8-6-11)9-14-2/h3-8,14H,1,9,13H2,2H3/b4-3+. The van der Waals surface area contributed by atoms with Crippen molar-refractivity contribution in [1.29, 1.82) is 0 Å². The Morgan fingerprint density at radius 1 is 1.43 bits per heavy atom. The number of nitrogens with one attached hydrogen (secondary N) is 1. The third-order valence-corrected chi connectivity index (χ3v) is 1.85. The summed E-state index contributed by atoms with van der Waals surface area (Å²) in [6, 6.07) is 8.31. The number of benzene rings is 1. The van der Waals surface area contributed by atoms with E-state index in [2.05, 4.69) is 36.2 Å². The Morgan fingerprint density at radius 2 is 2.07 bits per heavy atom. The van der Waals surface area contributed by atoms with Gasteiger partial charge >= 0.3 is 0 Å². The van der Waals surface area contributed by atoms with E-state index in [-0.39, 0.29) is 0 Å². The summed E-state index contributed by atoms with van der Waals surface area (Å²) in [7, 11) is 1.94. The van der Waals surface area contributed by atoms with Gasteiger partial charge in [0.15, 0.2) is 0 Å². The molecule has 2 heteroatoms. The molecule has 14 heavy (non-hydrogen) atoms. The summed E-state index contributed by atoms with van der Waals surface area (Å²) < 4.78 is 0. The van der Waals surface area contributed by atoms with Crippen LogP contribution < -0.4 is 11.1 Å². The number of hydrogen-bond donors (Lipinski definition) is 2. The number of hydrogen-bond acceptors (Lipinski definition) is 2. The minimum Gasteiger partial charge on any atom is -0.399 e. The summed E-state index contributed by atoms with van der Waals surface area (Å²) in [6.45, 7) is 4.49. The molecular weight excluding hydrogens is 172 g/mol. The molecule has 0 aliphatic carbocycles. The van der Waals surface area contributed by atoms with Crippen LogP contribution in [0.25, 0.3) is 6.08 Å². The van der Waals surface area contributed by atoms with Crippen molar-refractivity contribution in [2.45, 2.75) is 6.54 Å². The van der Waals surface area contributed by atoms with Crippen LogP contribution in [0.1, 0.15) is 11.1 Å². The summed E-state index contributed by atoms with van der Waals surface area (Å²) in [5.74, 6) is 0. The van der Waals surface area contributed by atoms with Gasteiger partial charge in [0.2, 0.25) is 0 Å². The molecule has 0 bridgehead atoms. The molecule has 0 aliphatic heterocycles. The van der Waals surface area contributed by atoms with Gasteiger partial charge in [-0.15, -0.1) is 0 Å². The van der Waals surface area contributed by atoms with Crippen LogP contribution in [0, 0.1) is 0 Å². The predicted octanol–water partition coefficient (Wildman–Crippen LogP) is 1.89. The fraction of sp³-hybridized carbons (Fsp3) is 0.167. The normalized spacial score (nSPS) is 10.6. The summed E-state index contributed by atoms with van der Waals surface area (Å²) in [4.78, 5) is 0. The topological polar surface area (TPSA) is 38.0 Å². The van der Waals surface area contributed by atoms with Crippen LogP contribution in [0.2, 0.25) is 0 Å². The van der Waals surface area contributed by atoms with Crippen LogP contribution in [0.4, 0.5) is 0 Å². The van der Waals surface area contributed by atoms with Gasteiger partial charge in [0.1, 0.15) is 0 Å². The molecule has 74 valence electrons. The first-order chi connectivity index (χ1) is 6.72. The van der Waals surface area contributed by atoms with E-state index in [1.54, 1.807) is 6.08 Å². The predicted molar refractivity (Wildman–Crippen MR) is 61.6 cm³/mol. The van der Waals surface area contributed by atoms with Gasteiger partial charge in [-0.05, 0) is 24.3 Å². The van der Waals surface area contributed by atoms with Crippen LogP contribution >= 0.6 is 0 Å². The third-order valence-electron chi connectivity index (χ3n) is 1.85. The second-order valence-electron chi connectivity index (χ2n) is 3.18. The quantitative estimate of drug-likeness (QED) is 0.708. The first kappa shape index (κ1) is 10.5. The minimum absolute atomic E-state index is 0.573. The number of rotatable bonds is 4. The molecule has 0 unspecified atom stereocenters. The third kappa shape index (κ3) is 3.46. The van der Waals surface area contributed by atoms with Crippen molar-refractivity contribution in [1.82, 2.24) is 5.32 Å². The molecule has 0 spiro atoms. The molecule has 0 fully saturated rings. The highest BCUT2D eigenvalue weighted by Crippen LogP contribution is 2.06. The van der Waals surface area contributed by atoms with Gasteiger partial charge in [-0.25, -0.2) is 0 Å². The molecule has 0 atom stereocenters. The van der Waals surface area contributed by atoms with E-state index in [1.165, 1.54) is 5.56 Å². The fourth-order valence-electron chi connectivity index (χ4n) is 1.15. The van der Waals surface area contributed by atoms with Crippen molar-refractivity contribution < 1.29 is 0 Å². The van der Waals surface area contributed by atoms with Crippen molar-refractivity contribution in [2.24, 2.45) is 5.73 Å². The zero-order chi connectivity index (χ0) is 10.4. The Bertz CT molecular complexity index is 323. The fourth-order valence-corrected chi connectivity index (χ4v) is 1.15. The number of nitrogens with two attached hydrogens (primary N) is 1. The molecule has 0 saturated heterocycles. The zero-order valence-corrected chi connectivity index (χ0v) is 8.46. The highest BCUT2D eigenvalue weighted by molar-refractivity contribution is 5.52. The van der Waals surface area contributed by atoms with Crippen LogP contribution in [-0.4, -0.2) is 7.05 Å². The van der Waals surface area contributed by atoms with Crippen LogP contribution in [0.3, 0.4) is 0 Å². The first-order valence-corrected chi connectivity index (χ1v) is 4.58. The van der Waals surface area contributed by atoms with Gasteiger partial charge < -0.3 is 11.1 Å². The summed E-state index contributed by atoms with van der Waals surface area (Å²) >= 11 is 0. The minimum atomic E-state index is 0.573. The van der Waals surface area contributed by atoms with E-state index in [0.29, 0.717) is 5.70 Å². The Hall–Kier alpha value is -1.54. The summed E-state index contributed by atoms with van der Waals surface area (Å²) in [5.41, 5.74) is 8.41. The lowest BCUT2D eigenvalue weighted by Gasteiger charge is -2.00. The zero-order valence-electron chi connectivity index (χ0n) is 8.46. The van der Waals surface area contributed by atoms with E-state index in [4.69, 9.17) is 5.73 Å². The van der Waals surface area contributed by atoms with Crippen LogP contribution in [-0.2, 0) is 6.54 Å². The van der Waals surface area contributed by atoms with Gasteiger partial charge in [-0.1, -0.05) is 36.9 Å².